The van der Waals surface area contributed by atoms with Gasteiger partial charge in [0.05, 0.1) is 22.3 Å². The minimum Gasteiger partial charge on any atom is -0.491 e. The summed E-state index contributed by atoms with van der Waals surface area (Å²) in [7, 11) is 0. The van der Waals surface area contributed by atoms with Gasteiger partial charge in [-0.05, 0) is 67.2 Å². The second kappa shape index (κ2) is 8.26. The summed E-state index contributed by atoms with van der Waals surface area (Å²) >= 11 is 17.4. The first kappa shape index (κ1) is 20.3. The SMILES string of the molecule is CCOc1c(Cl)cc(/C=C2\C(=O)NC(=S)N(c3ccc(F)cc3)C2=O)cc1Cl. The second-order valence-corrected chi connectivity index (χ2v) is 6.88. The van der Waals surface area contributed by atoms with Crippen molar-refractivity contribution < 1.29 is 18.7 Å². The molecule has 144 valence electrons. The second-order valence-electron chi connectivity index (χ2n) is 5.68. The Morgan fingerprint density at radius 1 is 1.18 bits per heavy atom. The average Bonchev–Trinajstić information content (AvgIpc) is 2.63. The number of rotatable bonds is 4. The molecule has 5 nitrogen and oxygen atoms in total. The van der Waals surface area contributed by atoms with Gasteiger partial charge in [-0.15, -0.1) is 0 Å². The number of ether oxygens (including phenoxy) is 1. The predicted octanol–water partition coefficient (Wildman–Crippen LogP) is 4.36. The van der Waals surface area contributed by atoms with E-state index in [0.717, 1.165) is 4.90 Å². The van der Waals surface area contributed by atoms with E-state index in [4.69, 9.17) is 40.2 Å². The Labute approximate surface area is 175 Å². The molecule has 2 aromatic carbocycles. The molecule has 1 N–H and O–H groups in total. The minimum atomic E-state index is -0.658. The fourth-order valence-electron chi connectivity index (χ4n) is 2.59. The molecule has 0 radical (unpaired) electrons. The molecule has 0 spiro atoms. The number of anilines is 1. The number of nitrogens with zero attached hydrogens (tertiary/aromatic N) is 1. The van der Waals surface area contributed by atoms with Crippen LogP contribution in [0, 0.1) is 5.82 Å². The topological polar surface area (TPSA) is 58.6 Å². The van der Waals surface area contributed by atoms with E-state index in [0.29, 0.717) is 23.6 Å². The lowest BCUT2D eigenvalue weighted by atomic mass is 10.1. The molecule has 0 aliphatic carbocycles. The van der Waals surface area contributed by atoms with E-state index in [-0.39, 0.29) is 20.7 Å². The molecule has 1 saturated heterocycles. The first-order valence-electron chi connectivity index (χ1n) is 8.10. The molecule has 9 heteroatoms. The maximum absolute atomic E-state index is 13.2. The van der Waals surface area contributed by atoms with Gasteiger partial charge < -0.3 is 4.74 Å². The third-order valence-electron chi connectivity index (χ3n) is 3.81. The van der Waals surface area contributed by atoms with Crippen LogP contribution in [0.15, 0.2) is 42.0 Å². The number of thiocarbonyl (C=S) groups is 1. The van der Waals surface area contributed by atoms with Crippen LogP contribution < -0.4 is 15.0 Å². The number of halogens is 3. The number of benzene rings is 2. The smallest absolute Gasteiger partial charge is 0.270 e. The molecule has 1 heterocycles. The zero-order valence-electron chi connectivity index (χ0n) is 14.5. The molecular formula is C19H13Cl2FN2O3S. The van der Waals surface area contributed by atoms with E-state index in [1.165, 1.54) is 42.5 Å². The normalized spacial score (nSPS) is 15.8. The fourth-order valence-corrected chi connectivity index (χ4v) is 3.49. The van der Waals surface area contributed by atoms with E-state index in [1.54, 1.807) is 6.92 Å². The molecular weight excluding hydrogens is 426 g/mol. The van der Waals surface area contributed by atoms with Crippen LogP contribution in [0.4, 0.5) is 10.1 Å². The molecule has 28 heavy (non-hydrogen) atoms. The third-order valence-corrected chi connectivity index (χ3v) is 4.65. The highest BCUT2D eigenvalue weighted by Gasteiger charge is 2.34. The summed E-state index contributed by atoms with van der Waals surface area (Å²) in [6, 6.07) is 8.22. The standard InChI is InChI=1S/C19H13Cl2FN2O3S/c1-2-27-16-14(20)8-10(9-15(16)21)7-13-17(25)23-19(28)24(18(13)26)12-5-3-11(22)4-6-12/h3-9H,2H2,1H3,(H,23,25,28)/b13-7+. The minimum absolute atomic E-state index is 0.0958. The highest BCUT2D eigenvalue weighted by atomic mass is 35.5. The fraction of sp³-hybridized carbons (Fsp3) is 0.105. The largest absolute Gasteiger partial charge is 0.491 e. The van der Waals surface area contributed by atoms with E-state index in [9.17, 15) is 14.0 Å². The molecule has 0 aromatic heterocycles. The summed E-state index contributed by atoms with van der Waals surface area (Å²) in [5.41, 5.74) is 0.586. The van der Waals surface area contributed by atoms with Crippen molar-refractivity contribution in [2.24, 2.45) is 0 Å². The Morgan fingerprint density at radius 2 is 1.79 bits per heavy atom. The van der Waals surface area contributed by atoms with Crippen LogP contribution in [0.5, 0.6) is 5.75 Å². The van der Waals surface area contributed by atoms with Crippen LogP contribution in [0.25, 0.3) is 6.08 Å². The van der Waals surface area contributed by atoms with Crippen molar-refractivity contribution >= 4 is 64.1 Å². The monoisotopic (exact) mass is 438 g/mol. The van der Waals surface area contributed by atoms with Crippen LogP contribution >= 0.6 is 35.4 Å². The Bertz CT molecular complexity index is 986. The molecule has 1 aliphatic heterocycles. The number of amides is 2. The predicted molar refractivity (Wildman–Crippen MR) is 110 cm³/mol. The van der Waals surface area contributed by atoms with E-state index < -0.39 is 17.6 Å². The van der Waals surface area contributed by atoms with Crippen LogP contribution in [0.2, 0.25) is 10.0 Å². The van der Waals surface area contributed by atoms with Gasteiger partial charge in [-0.1, -0.05) is 23.2 Å². The van der Waals surface area contributed by atoms with Gasteiger partial charge >= 0.3 is 0 Å². The maximum Gasteiger partial charge on any atom is 0.270 e. The van der Waals surface area contributed by atoms with Crippen LogP contribution in [0.1, 0.15) is 12.5 Å². The number of carbonyl (C=O) groups is 2. The number of carbonyl (C=O) groups excluding carboxylic acids is 2. The van der Waals surface area contributed by atoms with Crippen molar-refractivity contribution in [1.82, 2.24) is 5.32 Å². The van der Waals surface area contributed by atoms with Gasteiger partial charge in [0.1, 0.15) is 11.4 Å². The first-order chi connectivity index (χ1) is 13.3. The Kier molecular flexibility index (Phi) is 5.98. The van der Waals surface area contributed by atoms with E-state index in [2.05, 4.69) is 5.32 Å². The molecule has 3 rings (SSSR count). The molecule has 0 saturated carbocycles. The number of hydrogen-bond acceptors (Lipinski definition) is 4. The summed E-state index contributed by atoms with van der Waals surface area (Å²) in [6.07, 6.45) is 1.35. The number of hydrogen-bond donors (Lipinski definition) is 1. The maximum atomic E-state index is 13.2. The zero-order valence-corrected chi connectivity index (χ0v) is 16.8. The summed E-state index contributed by atoms with van der Waals surface area (Å²) in [6.45, 7) is 2.17. The Balaban J connectivity index is 2.00. The van der Waals surface area contributed by atoms with Gasteiger partial charge in [0.2, 0.25) is 0 Å². The van der Waals surface area contributed by atoms with Crippen molar-refractivity contribution in [1.29, 1.82) is 0 Å². The van der Waals surface area contributed by atoms with Gasteiger partial charge in [-0.25, -0.2) is 4.39 Å². The van der Waals surface area contributed by atoms with Gasteiger partial charge in [-0.3, -0.25) is 19.8 Å². The van der Waals surface area contributed by atoms with Crippen molar-refractivity contribution in [2.45, 2.75) is 6.92 Å². The lowest BCUT2D eigenvalue weighted by molar-refractivity contribution is -0.122. The lowest BCUT2D eigenvalue weighted by Crippen LogP contribution is -2.54. The highest BCUT2D eigenvalue weighted by Crippen LogP contribution is 2.35. The van der Waals surface area contributed by atoms with Gasteiger partial charge in [0.15, 0.2) is 10.9 Å². The molecule has 1 fully saturated rings. The Hall–Kier alpha value is -2.48. The van der Waals surface area contributed by atoms with Crippen molar-refractivity contribution in [3.8, 4) is 5.75 Å². The lowest BCUT2D eigenvalue weighted by Gasteiger charge is -2.28. The van der Waals surface area contributed by atoms with Crippen LogP contribution in [-0.4, -0.2) is 23.5 Å². The molecule has 2 amide bonds. The molecule has 0 bridgehead atoms. The first-order valence-corrected chi connectivity index (χ1v) is 9.27. The Morgan fingerprint density at radius 3 is 2.36 bits per heavy atom. The van der Waals surface area contributed by atoms with E-state index >= 15 is 0 Å². The molecule has 0 atom stereocenters. The van der Waals surface area contributed by atoms with Crippen molar-refractivity contribution in [3.05, 3.63) is 63.4 Å². The summed E-state index contributed by atoms with van der Waals surface area (Å²) < 4.78 is 18.6. The number of nitrogens with one attached hydrogen (secondary N) is 1. The van der Waals surface area contributed by atoms with Gasteiger partial charge in [0.25, 0.3) is 11.8 Å². The van der Waals surface area contributed by atoms with Gasteiger partial charge in [-0.2, -0.15) is 0 Å². The van der Waals surface area contributed by atoms with Crippen LogP contribution in [-0.2, 0) is 9.59 Å². The highest BCUT2D eigenvalue weighted by molar-refractivity contribution is 7.80. The molecule has 0 unspecified atom stereocenters. The third kappa shape index (κ3) is 4.01. The van der Waals surface area contributed by atoms with Crippen molar-refractivity contribution in [2.75, 3.05) is 11.5 Å². The summed E-state index contributed by atoms with van der Waals surface area (Å²) in [5.74, 6) is -1.45. The summed E-state index contributed by atoms with van der Waals surface area (Å²) in [4.78, 5) is 26.3. The molecule has 2 aromatic rings. The zero-order chi connectivity index (χ0) is 20.4. The van der Waals surface area contributed by atoms with Crippen molar-refractivity contribution in [3.63, 3.8) is 0 Å². The van der Waals surface area contributed by atoms with Gasteiger partial charge in [0, 0.05) is 0 Å². The molecule has 1 aliphatic rings. The van der Waals surface area contributed by atoms with Crippen LogP contribution in [0.3, 0.4) is 0 Å². The summed E-state index contributed by atoms with van der Waals surface area (Å²) in [5, 5.41) is 2.85. The average molecular weight is 439 g/mol. The quantitative estimate of drug-likeness (QED) is 0.437. The van der Waals surface area contributed by atoms with E-state index in [1.807, 2.05) is 0 Å².